The Bertz CT molecular complexity index is 678. The molecule has 1 N–H and O–H groups in total. The van der Waals surface area contributed by atoms with Crippen molar-refractivity contribution >= 4 is 5.82 Å². The summed E-state index contributed by atoms with van der Waals surface area (Å²) in [5, 5.41) is 3.44. The Morgan fingerprint density at radius 1 is 1.12 bits per heavy atom. The molecule has 0 radical (unpaired) electrons. The summed E-state index contributed by atoms with van der Waals surface area (Å²) in [6.07, 6.45) is 3.05. The minimum Gasteiger partial charge on any atom is -0.486 e. The second-order valence-electron chi connectivity index (χ2n) is 6.46. The van der Waals surface area contributed by atoms with Gasteiger partial charge in [0.05, 0.1) is 0 Å². The summed E-state index contributed by atoms with van der Waals surface area (Å²) in [5.74, 6) is 3.38. The van der Waals surface area contributed by atoms with Crippen molar-refractivity contribution in [1.29, 1.82) is 0 Å². The van der Waals surface area contributed by atoms with E-state index >= 15 is 0 Å². The summed E-state index contributed by atoms with van der Waals surface area (Å²) in [4.78, 5) is 6.83. The maximum absolute atomic E-state index is 5.68. The van der Waals surface area contributed by atoms with Gasteiger partial charge in [-0.3, -0.25) is 4.90 Å². The van der Waals surface area contributed by atoms with E-state index in [1.54, 1.807) is 0 Å². The highest BCUT2D eigenvalue weighted by Gasteiger charge is 2.23. The normalized spacial score (nSPS) is 20.1. The quantitative estimate of drug-likeness (QED) is 0.916. The largest absolute Gasteiger partial charge is 0.486 e. The molecule has 0 saturated carbocycles. The molecule has 0 spiro atoms. The minimum absolute atomic E-state index is 0.640. The second-order valence-corrected chi connectivity index (χ2v) is 6.46. The first-order valence-corrected chi connectivity index (χ1v) is 8.62. The van der Waals surface area contributed by atoms with E-state index in [0.29, 0.717) is 19.1 Å². The second kappa shape index (κ2) is 7.09. The standard InChI is InChI=1S/C19H23N3O2/c1-2-7-20-19(3-1)21-12-16-6-8-22(14-16)13-15-4-5-17-18(11-15)24-10-9-23-17/h1-5,7,11,16H,6,8-10,12-14H2,(H,20,21). The zero-order valence-electron chi connectivity index (χ0n) is 13.8. The first-order valence-electron chi connectivity index (χ1n) is 8.62. The lowest BCUT2D eigenvalue weighted by Crippen LogP contribution is -2.23. The van der Waals surface area contributed by atoms with Crippen LogP contribution >= 0.6 is 0 Å². The molecular formula is C19H23N3O2. The lowest BCUT2D eigenvalue weighted by atomic mass is 10.1. The number of hydrogen-bond donors (Lipinski definition) is 1. The molecule has 0 aliphatic carbocycles. The molecule has 4 rings (SSSR count). The van der Waals surface area contributed by atoms with Gasteiger partial charge in [-0.2, -0.15) is 0 Å². The van der Waals surface area contributed by atoms with Crippen LogP contribution in [0.2, 0.25) is 0 Å². The summed E-state index contributed by atoms with van der Waals surface area (Å²) in [7, 11) is 0. The Morgan fingerprint density at radius 3 is 2.92 bits per heavy atom. The van der Waals surface area contributed by atoms with Gasteiger partial charge in [-0.1, -0.05) is 12.1 Å². The Hall–Kier alpha value is -2.27. The van der Waals surface area contributed by atoms with Crippen LogP contribution in [0.4, 0.5) is 5.82 Å². The molecule has 0 amide bonds. The molecule has 0 bridgehead atoms. The molecule has 1 saturated heterocycles. The topological polar surface area (TPSA) is 46.6 Å². The molecule has 1 aromatic heterocycles. The number of ether oxygens (including phenoxy) is 2. The Labute approximate surface area is 142 Å². The van der Waals surface area contributed by atoms with Gasteiger partial charge in [0.15, 0.2) is 11.5 Å². The number of hydrogen-bond acceptors (Lipinski definition) is 5. The van der Waals surface area contributed by atoms with E-state index in [1.807, 2.05) is 30.5 Å². The van der Waals surface area contributed by atoms with E-state index < -0.39 is 0 Å². The van der Waals surface area contributed by atoms with E-state index in [1.165, 1.54) is 12.0 Å². The number of pyridine rings is 1. The van der Waals surface area contributed by atoms with Gasteiger partial charge in [-0.05, 0) is 48.7 Å². The van der Waals surface area contributed by atoms with Crippen LogP contribution in [0.3, 0.4) is 0 Å². The summed E-state index contributed by atoms with van der Waals surface area (Å²) in [6.45, 7) is 5.49. The molecule has 3 heterocycles. The number of anilines is 1. The lowest BCUT2D eigenvalue weighted by molar-refractivity contribution is 0.171. The molecule has 2 aliphatic rings. The fourth-order valence-corrected chi connectivity index (χ4v) is 3.38. The Balaban J connectivity index is 1.29. The fourth-order valence-electron chi connectivity index (χ4n) is 3.38. The monoisotopic (exact) mass is 325 g/mol. The van der Waals surface area contributed by atoms with Gasteiger partial charge in [0.25, 0.3) is 0 Å². The number of likely N-dealkylation sites (tertiary alicyclic amines) is 1. The third kappa shape index (κ3) is 3.62. The SMILES string of the molecule is c1ccc(NCC2CCN(Cc3ccc4c(c3)OCCO4)C2)nc1. The number of benzene rings is 1. The van der Waals surface area contributed by atoms with Crippen LogP contribution in [0.1, 0.15) is 12.0 Å². The Morgan fingerprint density at radius 2 is 2.04 bits per heavy atom. The smallest absolute Gasteiger partial charge is 0.161 e. The van der Waals surface area contributed by atoms with Crippen molar-refractivity contribution in [3.63, 3.8) is 0 Å². The van der Waals surface area contributed by atoms with E-state index in [0.717, 1.165) is 43.5 Å². The molecule has 5 heteroatoms. The van der Waals surface area contributed by atoms with Crippen molar-refractivity contribution < 1.29 is 9.47 Å². The molecule has 5 nitrogen and oxygen atoms in total. The number of nitrogens with zero attached hydrogens (tertiary/aromatic N) is 2. The minimum atomic E-state index is 0.640. The Kier molecular flexibility index (Phi) is 4.51. The summed E-state index contributed by atoms with van der Waals surface area (Å²) >= 11 is 0. The van der Waals surface area contributed by atoms with Gasteiger partial charge in [0.2, 0.25) is 0 Å². The fraction of sp³-hybridized carbons (Fsp3) is 0.421. The van der Waals surface area contributed by atoms with Gasteiger partial charge in [-0.25, -0.2) is 4.98 Å². The third-order valence-electron chi connectivity index (χ3n) is 4.62. The van der Waals surface area contributed by atoms with Crippen molar-refractivity contribution in [3.05, 3.63) is 48.2 Å². The van der Waals surface area contributed by atoms with E-state index in [2.05, 4.69) is 27.3 Å². The van der Waals surface area contributed by atoms with E-state index in [4.69, 9.17) is 9.47 Å². The van der Waals surface area contributed by atoms with Crippen molar-refractivity contribution in [2.24, 2.45) is 5.92 Å². The maximum atomic E-state index is 5.68. The highest BCUT2D eigenvalue weighted by atomic mass is 16.6. The van der Waals surface area contributed by atoms with Crippen LogP contribution < -0.4 is 14.8 Å². The zero-order valence-corrected chi connectivity index (χ0v) is 13.8. The first-order chi connectivity index (χ1) is 11.9. The molecule has 1 fully saturated rings. The summed E-state index contributed by atoms with van der Waals surface area (Å²) < 4.78 is 11.3. The summed E-state index contributed by atoms with van der Waals surface area (Å²) in [6, 6.07) is 12.3. The predicted octanol–water partition coefficient (Wildman–Crippen LogP) is 2.79. The number of aromatic nitrogens is 1. The summed E-state index contributed by atoms with van der Waals surface area (Å²) in [5.41, 5.74) is 1.29. The number of nitrogens with one attached hydrogen (secondary N) is 1. The lowest BCUT2D eigenvalue weighted by Gasteiger charge is -2.21. The first kappa shape index (κ1) is 15.3. The van der Waals surface area contributed by atoms with Crippen LogP contribution in [0.5, 0.6) is 11.5 Å². The maximum Gasteiger partial charge on any atom is 0.161 e. The van der Waals surface area contributed by atoms with Gasteiger partial charge >= 0.3 is 0 Å². The average Bonchev–Trinajstić information content (AvgIpc) is 3.08. The van der Waals surface area contributed by atoms with Gasteiger partial charge in [-0.15, -0.1) is 0 Å². The van der Waals surface area contributed by atoms with Crippen molar-refractivity contribution in [3.8, 4) is 11.5 Å². The van der Waals surface area contributed by atoms with Crippen molar-refractivity contribution in [1.82, 2.24) is 9.88 Å². The highest BCUT2D eigenvalue weighted by Crippen LogP contribution is 2.31. The van der Waals surface area contributed by atoms with Gasteiger partial charge < -0.3 is 14.8 Å². The molecule has 1 aromatic carbocycles. The number of rotatable bonds is 5. The highest BCUT2D eigenvalue weighted by molar-refractivity contribution is 5.43. The van der Waals surface area contributed by atoms with Crippen LogP contribution in [0.25, 0.3) is 0 Å². The molecule has 126 valence electrons. The number of fused-ring (bicyclic) bond motifs is 1. The average molecular weight is 325 g/mol. The van der Waals surface area contributed by atoms with Gasteiger partial charge in [0, 0.05) is 25.8 Å². The van der Waals surface area contributed by atoms with Crippen molar-refractivity contribution in [2.75, 3.05) is 38.2 Å². The predicted molar refractivity (Wildman–Crippen MR) is 93.5 cm³/mol. The molecule has 2 aliphatic heterocycles. The van der Waals surface area contributed by atoms with E-state index in [-0.39, 0.29) is 0 Å². The zero-order chi connectivity index (χ0) is 16.2. The molecular weight excluding hydrogens is 302 g/mol. The van der Waals surface area contributed by atoms with E-state index in [9.17, 15) is 0 Å². The molecule has 24 heavy (non-hydrogen) atoms. The molecule has 2 aromatic rings. The molecule has 1 unspecified atom stereocenters. The van der Waals surface area contributed by atoms with Crippen LogP contribution in [-0.4, -0.2) is 42.7 Å². The van der Waals surface area contributed by atoms with Crippen LogP contribution in [-0.2, 0) is 6.54 Å². The van der Waals surface area contributed by atoms with Gasteiger partial charge in [0.1, 0.15) is 19.0 Å². The van der Waals surface area contributed by atoms with Crippen LogP contribution in [0.15, 0.2) is 42.6 Å². The van der Waals surface area contributed by atoms with Crippen molar-refractivity contribution in [2.45, 2.75) is 13.0 Å². The van der Waals surface area contributed by atoms with Crippen LogP contribution in [0, 0.1) is 5.92 Å². The molecule has 1 atom stereocenters. The third-order valence-corrected chi connectivity index (χ3v) is 4.62.